The molecular weight excluding hydrogens is 204 g/mol. The highest BCUT2D eigenvalue weighted by molar-refractivity contribution is 5.47. The fourth-order valence-electron chi connectivity index (χ4n) is 1.46. The zero-order chi connectivity index (χ0) is 11.6. The van der Waals surface area contributed by atoms with Crippen molar-refractivity contribution in [2.75, 3.05) is 17.7 Å². The van der Waals surface area contributed by atoms with Crippen molar-refractivity contribution < 1.29 is 4.74 Å². The molecule has 0 saturated heterocycles. The summed E-state index contributed by atoms with van der Waals surface area (Å²) in [5.41, 5.74) is 5.92. The first kappa shape index (κ1) is 11.1. The number of nitrogen functional groups attached to an aromatic ring is 1. The number of aromatic nitrogens is 2. The van der Waals surface area contributed by atoms with Gasteiger partial charge in [0.1, 0.15) is 18.2 Å². The molecule has 1 aliphatic carbocycles. The van der Waals surface area contributed by atoms with Gasteiger partial charge in [0.05, 0.1) is 0 Å². The van der Waals surface area contributed by atoms with Crippen molar-refractivity contribution in [3.63, 3.8) is 0 Å². The number of nitrogens with zero attached hydrogens (tertiary/aromatic N) is 2. The molecule has 16 heavy (non-hydrogen) atoms. The molecule has 0 amide bonds. The van der Waals surface area contributed by atoms with Gasteiger partial charge >= 0.3 is 0 Å². The third-order valence-electron chi connectivity index (χ3n) is 2.66. The summed E-state index contributed by atoms with van der Waals surface area (Å²) in [5, 5.41) is 3.36. The average molecular weight is 222 g/mol. The molecule has 0 bridgehead atoms. The molecule has 1 aromatic heterocycles. The van der Waals surface area contributed by atoms with Crippen LogP contribution in [0.4, 0.5) is 11.6 Å². The first-order valence-electron chi connectivity index (χ1n) is 5.61. The van der Waals surface area contributed by atoms with Crippen LogP contribution in [0.1, 0.15) is 32.5 Å². The summed E-state index contributed by atoms with van der Waals surface area (Å²) in [6.07, 6.45) is 2.36. The van der Waals surface area contributed by atoms with Crippen LogP contribution in [-0.4, -0.2) is 22.1 Å². The number of nitrogens with two attached hydrogens (primary N) is 1. The van der Waals surface area contributed by atoms with Gasteiger partial charge in [0.2, 0.25) is 0 Å². The lowest BCUT2D eigenvalue weighted by Gasteiger charge is -2.13. The fraction of sp³-hybridized carbons (Fsp3) is 0.636. The van der Waals surface area contributed by atoms with Crippen molar-refractivity contribution in [2.24, 2.45) is 0 Å². The smallest absolute Gasteiger partial charge is 0.158 e. The summed E-state index contributed by atoms with van der Waals surface area (Å²) in [6.45, 7) is 5.18. The maximum absolute atomic E-state index is 5.72. The molecule has 88 valence electrons. The molecule has 5 nitrogen and oxygen atoms in total. The van der Waals surface area contributed by atoms with E-state index in [0.29, 0.717) is 24.9 Å². The Morgan fingerprint density at radius 2 is 2.25 bits per heavy atom. The van der Waals surface area contributed by atoms with E-state index in [4.69, 9.17) is 10.5 Å². The van der Waals surface area contributed by atoms with E-state index in [1.165, 1.54) is 12.8 Å². The monoisotopic (exact) mass is 222 g/mol. The third kappa shape index (κ3) is 2.82. The summed E-state index contributed by atoms with van der Waals surface area (Å²) in [5.74, 6) is 1.91. The normalized spacial score (nSPS) is 17.1. The molecule has 1 fully saturated rings. The van der Waals surface area contributed by atoms with Gasteiger partial charge in [-0.3, -0.25) is 0 Å². The highest BCUT2D eigenvalue weighted by Gasteiger charge is 2.37. The van der Waals surface area contributed by atoms with E-state index >= 15 is 0 Å². The molecule has 2 rings (SSSR count). The molecule has 1 aromatic rings. The van der Waals surface area contributed by atoms with Crippen LogP contribution in [0.5, 0.6) is 0 Å². The Kier molecular flexibility index (Phi) is 2.96. The minimum atomic E-state index is 0.198. The number of anilines is 2. The second-order valence-corrected chi connectivity index (χ2v) is 4.42. The van der Waals surface area contributed by atoms with Gasteiger partial charge in [-0.1, -0.05) is 0 Å². The van der Waals surface area contributed by atoms with Gasteiger partial charge < -0.3 is 15.8 Å². The van der Waals surface area contributed by atoms with Gasteiger partial charge in [-0.05, 0) is 26.7 Å². The van der Waals surface area contributed by atoms with Gasteiger partial charge in [0, 0.05) is 18.2 Å². The molecule has 0 aliphatic heterocycles. The van der Waals surface area contributed by atoms with E-state index in [1.807, 2.05) is 6.92 Å². The Morgan fingerprint density at radius 1 is 1.50 bits per heavy atom. The molecule has 1 saturated carbocycles. The molecule has 1 heterocycles. The topological polar surface area (TPSA) is 73.1 Å². The molecule has 1 aliphatic rings. The molecule has 0 radical (unpaired) electrons. The van der Waals surface area contributed by atoms with Gasteiger partial charge in [-0.15, -0.1) is 0 Å². The summed E-state index contributed by atoms with van der Waals surface area (Å²) in [7, 11) is 0. The maximum Gasteiger partial charge on any atom is 0.158 e. The predicted molar refractivity (Wildman–Crippen MR) is 63.0 cm³/mol. The molecular formula is C11H18N4O. The molecule has 0 spiro atoms. The Balaban J connectivity index is 2.08. The van der Waals surface area contributed by atoms with Crippen LogP contribution in [0.2, 0.25) is 0 Å². The van der Waals surface area contributed by atoms with Gasteiger partial charge in [0.15, 0.2) is 5.82 Å². The highest BCUT2D eigenvalue weighted by atomic mass is 16.5. The molecule has 5 heteroatoms. The van der Waals surface area contributed by atoms with Gasteiger partial charge in [-0.2, -0.15) is 0 Å². The minimum Gasteiger partial charge on any atom is -0.384 e. The number of hydrogen-bond donors (Lipinski definition) is 2. The molecule has 0 aromatic carbocycles. The Morgan fingerprint density at radius 3 is 2.88 bits per heavy atom. The Labute approximate surface area is 95.4 Å². The number of hydrogen-bond acceptors (Lipinski definition) is 5. The standard InChI is InChI=1S/C11H18N4O/c1-3-16-7-10-13-8(12)6-9(14-10)15-11(2)4-5-11/h6H,3-5,7H2,1-2H3,(H3,12,13,14,15). The van der Waals surface area contributed by atoms with E-state index in [0.717, 1.165) is 5.82 Å². The van der Waals surface area contributed by atoms with E-state index < -0.39 is 0 Å². The zero-order valence-electron chi connectivity index (χ0n) is 9.79. The van der Waals surface area contributed by atoms with Crippen molar-refractivity contribution >= 4 is 11.6 Å². The SMILES string of the molecule is CCOCc1nc(N)cc(NC2(C)CC2)n1. The van der Waals surface area contributed by atoms with Crippen molar-refractivity contribution in [3.8, 4) is 0 Å². The van der Waals surface area contributed by atoms with E-state index in [-0.39, 0.29) is 5.54 Å². The largest absolute Gasteiger partial charge is 0.384 e. The first-order valence-corrected chi connectivity index (χ1v) is 5.61. The summed E-state index contributed by atoms with van der Waals surface area (Å²) >= 11 is 0. The van der Waals surface area contributed by atoms with Crippen LogP contribution in [0, 0.1) is 0 Å². The quantitative estimate of drug-likeness (QED) is 0.791. The summed E-state index contributed by atoms with van der Waals surface area (Å²) < 4.78 is 5.27. The molecule has 0 atom stereocenters. The van der Waals surface area contributed by atoms with Crippen LogP contribution < -0.4 is 11.1 Å². The van der Waals surface area contributed by atoms with E-state index in [1.54, 1.807) is 6.07 Å². The van der Waals surface area contributed by atoms with Crippen molar-refractivity contribution in [2.45, 2.75) is 38.8 Å². The van der Waals surface area contributed by atoms with E-state index in [9.17, 15) is 0 Å². The zero-order valence-corrected chi connectivity index (χ0v) is 9.79. The number of nitrogens with one attached hydrogen (secondary N) is 1. The van der Waals surface area contributed by atoms with Crippen molar-refractivity contribution in [3.05, 3.63) is 11.9 Å². The fourth-order valence-corrected chi connectivity index (χ4v) is 1.46. The van der Waals surface area contributed by atoms with Crippen LogP contribution >= 0.6 is 0 Å². The molecule has 3 N–H and O–H groups in total. The number of rotatable bonds is 5. The highest BCUT2D eigenvalue weighted by Crippen LogP contribution is 2.37. The van der Waals surface area contributed by atoms with Crippen molar-refractivity contribution in [1.82, 2.24) is 9.97 Å². The van der Waals surface area contributed by atoms with Gasteiger partial charge in [0.25, 0.3) is 0 Å². The Bertz CT molecular complexity index is 376. The predicted octanol–water partition coefficient (Wildman–Crippen LogP) is 1.56. The summed E-state index contributed by atoms with van der Waals surface area (Å²) in [6, 6.07) is 1.76. The second kappa shape index (κ2) is 4.25. The van der Waals surface area contributed by atoms with Crippen LogP contribution in [0.25, 0.3) is 0 Å². The third-order valence-corrected chi connectivity index (χ3v) is 2.66. The Hall–Kier alpha value is -1.36. The first-order chi connectivity index (χ1) is 7.61. The lowest BCUT2D eigenvalue weighted by atomic mass is 10.3. The van der Waals surface area contributed by atoms with E-state index in [2.05, 4.69) is 22.2 Å². The minimum absolute atomic E-state index is 0.198. The average Bonchev–Trinajstić information content (AvgIpc) is 2.92. The number of ether oxygens (including phenoxy) is 1. The van der Waals surface area contributed by atoms with Crippen LogP contribution in [0.3, 0.4) is 0 Å². The van der Waals surface area contributed by atoms with Gasteiger partial charge in [-0.25, -0.2) is 9.97 Å². The van der Waals surface area contributed by atoms with Crippen molar-refractivity contribution in [1.29, 1.82) is 0 Å². The van der Waals surface area contributed by atoms with Crippen LogP contribution in [-0.2, 0) is 11.3 Å². The molecule has 0 unspecified atom stereocenters. The lowest BCUT2D eigenvalue weighted by molar-refractivity contribution is 0.128. The maximum atomic E-state index is 5.72. The second-order valence-electron chi connectivity index (χ2n) is 4.42. The lowest BCUT2D eigenvalue weighted by Crippen LogP contribution is -2.18. The summed E-state index contributed by atoms with van der Waals surface area (Å²) in [4.78, 5) is 8.49. The van der Waals surface area contributed by atoms with Crippen LogP contribution in [0.15, 0.2) is 6.07 Å².